The number of nitrogens with zero attached hydrogens (tertiary/aromatic N) is 1. The van der Waals surface area contributed by atoms with Gasteiger partial charge in [0.1, 0.15) is 9.09 Å². The van der Waals surface area contributed by atoms with E-state index in [0.717, 1.165) is 10.1 Å². The van der Waals surface area contributed by atoms with Gasteiger partial charge in [0.05, 0.1) is 18.7 Å². The number of methoxy groups -OCH3 is 1. The topological polar surface area (TPSA) is 92.8 Å². The summed E-state index contributed by atoms with van der Waals surface area (Å²) in [5, 5.41) is 5.36. The van der Waals surface area contributed by atoms with E-state index < -0.39 is 21.9 Å². The van der Waals surface area contributed by atoms with Crippen LogP contribution in [0.5, 0.6) is 0 Å². The maximum atomic E-state index is 13.1. The number of piperidine rings is 1. The maximum Gasteiger partial charge on any atom is 0.350 e. The van der Waals surface area contributed by atoms with Crippen LogP contribution in [-0.4, -0.2) is 44.8 Å². The first-order valence-electron chi connectivity index (χ1n) is 9.36. The second-order valence-corrected chi connectivity index (χ2v) is 11.1. The molecule has 1 aliphatic rings. The Kier molecular flexibility index (Phi) is 5.92. The van der Waals surface area contributed by atoms with Crippen molar-refractivity contribution in [3.05, 3.63) is 46.7 Å². The summed E-state index contributed by atoms with van der Waals surface area (Å²) < 4.78 is 33.1. The highest BCUT2D eigenvalue weighted by Gasteiger charge is 2.34. The predicted octanol–water partition coefficient (Wildman–Crippen LogP) is 3.79. The SMILES string of the molecule is COC(=O)c1sc2ccccc2c1NC(=O)C1CCCN(S(=O)(=O)c2cccs2)C1. The molecule has 1 fully saturated rings. The Bertz CT molecular complexity index is 1180. The summed E-state index contributed by atoms with van der Waals surface area (Å²) in [6.45, 7) is 0.500. The largest absolute Gasteiger partial charge is 0.465 e. The number of benzene rings is 1. The summed E-state index contributed by atoms with van der Waals surface area (Å²) in [5.41, 5.74) is 0.422. The van der Waals surface area contributed by atoms with E-state index in [0.29, 0.717) is 30.0 Å². The number of amides is 1. The molecule has 0 bridgehead atoms. The van der Waals surface area contributed by atoms with Crippen molar-refractivity contribution in [1.82, 2.24) is 4.31 Å². The fourth-order valence-corrected chi connectivity index (χ4v) is 7.29. The van der Waals surface area contributed by atoms with Gasteiger partial charge in [0, 0.05) is 23.2 Å². The molecule has 7 nitrogen and oxygen atoms in total. The Labute approximate surface area is 182 Å². The molecule has 1 N–H and O–H groups in total. The van der Waals surface area contributed by atoms with Gasteiger partial charge in [-0.25, -0.2) is 13.2 Å². The van der Waals surface area contributed by atoms with Crippen molar-refractivity contribution >= 4 is 60.3 Å². The Hall–Kier alpha value is -2.27. The van der Waals surface area contributed by atoms with Gasteiger partial charge in [-0.3, -0.25) is 4.79 Å². The molecule has 158 valence electrons. The fraction of sp³-hybridized carbons (Fsp3) is 0.300. The van der Waals surface area contributed by atoms with E-state index >= 15 is 0 Å². The van der Waals surface area contributed by atoms with Gasteiger partial charge in [0.2, 0.25) is 5.91 Å². The van der Waals surface area contributed by atoms with E-state index in [1.54, 1.807) is 17.5 Å². The van der Waals surface area contributed by atoms with Crippen molar-refractivity contribution in [2.75, 3.05) is 25.5 Å². The molecule has 0 spiro atoms. The minimum absolute atomic E-state index is 0.113. The second kappa shape index (κ2) is 8.46. The number of nitrogens with one attached hydrogen (secondary N) is 1. The molecular formula is C20H20N2O5S3. The second-order valence-electron chi connectivity index (χ2n) is 6.92. The summed E-state index contributed by atoms with van der Waals surface area (Å²) in [4.78, 5) is 25.6. The molecule has 1 aliphatic heterocycles. The van der Waals surface area contributed by atoms with E-state index in [-0.39, 0.29) is 16.7 Å². The molecule has 1 unspecified atom stereocenters. The van der Waals surface area contributed by atoms with Crippen molar-refractivity contribution in [1.29, 1.82) is 0 Å². The first kappa shape index (κ1) is 21.0. The van der Waals surface area contributed by atoms with E-state index in [1.807, 2.05) is 24.3 Å². The number of thiophene rings is 2. The number of carbonyl (C=O) groups is 2. The van der Waals surface area contributed by atoms with Crippen LogP contribution >= 0.6 is 22.7 Å². The smallest absolute Gasteiger partial charge is 0.350 e. The lowest BCUT2D eigenvalue weighted by atomic mass is 9.98. The Morgan fingerprint density at radius 1 is 1.20 bits per heavy atom. The molecule has 1 saturated heterocycles. The minimum atomic E-state index is -3.61. The molecule has 1 aromatic carbocycles. The number of fused-ring (bicyclic) bond motifs is 1. The summed E-state index contributed by atoms with van der Waals surface area (Å²) in [6, 6.07) is 10.7. The van der Waals surface area contributed by atoms with Crippen LogP contribution in [0.4, 0.5) is 5.69 Å². The standard InChI is InChI=1S/C20H20N2O5S3/c1-27-20(24)18-17(14-7-2-3-8-15(14)29-18)21-19(23)13-6-4-10-22(12-13)30(25,26)16-9-5-11-28-16/h2-3,5,7-9,11,13H,4,6,10,12H2,1H3,(H,21,23). The van der Waals surface area contributed by atoms with Gasteiger partial charge in [-0.15, -0.1) is 22.7 Å². The first-order valence-corrected chi connectivity index (χ1v) is 12.5. The van der Waals surface area contributed by atoms with Gasteiger partial charge in [-0.1, -0.05) is 24.3 Å². The molecule has 4 rings (SSSR count). The van der Waals surface area contributed by atoms with Crippen molar-refractivity contribution in [2.45, 2.75) is 17.1 Å². The van der Waals surface area contributed by atoms with Gasteiger partial charge in [0.15, 0.2) is 0 Å². The van der Waals surface area contributed by atoms with Crippen LogP contribution in [0.15, 0.2) is 46.0 Å². The fourth-order valence-electron chi connectivity index (χ4n) is 3.54. The quantitative estimate of drug-likeness (QED) is 0.580. The Balaban J connectivity index is 1.58. The number of ether oxygens (including phenoxy) is 1. The van der Waals surface area contributed by atoms with Gasteiger partial charge < -0.3 is 10.1 Å². The van der Waals surface area contributed by atoms with E-state index in [9.17, 15) is 18.0 Å². The number of rotatable bonds is 5. The highest BCUT2D eigenvalue weighted by molar-refractivity contribution is 7.91. The lowest BCUT2D eigenvalue weighted by Gasteiger charge is -2.30. The molecule has 2 aromatic heterocycles. The first-order chi connectivity index (χ1) is 14.4. The molecule has 0 radical (unpaired) electrons. The summed E-state index contributed by atoms with van der Waals surface area (Å²) in [5.74, 6) is -1.32. The van der Waals surface area contributed by atoms with Crippen LogP contribution in [-0.2, 0) is 19.6 Å². The van der Waals surface area contributed by atoms with E-state index in [1.165, 1.54) is 34.1 Å². The average Bonchev–Trinajstić information content (AvgIpc) is 3.42. The summed E-state index contributed by atoms with van der Waals surface area (Å²) in [6.07, 6.45) is 1.18. The van der Waals surface area contributed by atoms with Crippen molar-refractivity contribution in [3.8, 4) is 0 Å². The molecule has 3 heterocycles. The molecule has 1 amide bonds. The zero-order valence-electron chi connectivity index (χ0n) is 16.2. The zero-order valence-corrected chi connectivity index (χ0v) is 18.6. The van der Waals surface area contributed by atoms with Crippen LogP contribution < -0.4 is 5.32 Å². The summed E-state index contributed by atoms with van der Waals surface area (Å²) >= 11 is 2.42. The van der Waals surface area contributed by atoms with Crippen LogP contribution in [0.1, 0.15) is 22.5 Å². The number of esters is 1. The summed E-state index contributed by atoms with van der Waals surface area (Å²) in [7, 11) is -2.31. The van der Waals surface area contributed by atoms with Gasteiger partial charge >= 0.3 is 5.97 Å². The Morgan fingerprint density at radius 2 is 2.00 bits per heavy atom. The van der Waals surface area contributed by atoms with Crippen LogP contribution in [0, 0.1) is 5.92 Å². The monoisotopic (exact) mass is 464 g/mol. The molecule has 0 saturated carbocycles. The van der Waals surface area contributed by atoms with Crippen LogP contribution in [0.3, 0.4) is 0 Å². The number of carbonyl (C=O) groups excluding carboxylic acids is 2. The van der Waals surface area contributed by atoms with Crippen LogP contribution in [0.2, 0.25) is 0 Å². The molecule has 30 heavy (non-hydrogen) atoms. The predicted molar refractivity (Wildman–Crippen MR) is 118 cm³/mol. The number of anilines is 1. The zero-order chi connectivity index (χ0) is 21.3. The molecule has 1 atom stereocenters. The number of sulfonamides is 1. The van der Waals surface area contributed by atoms with Crippen molar-refractivity contribution < 1.29 is 22.7 Å². The third-order valence-corrected chi connectivity index (χ3v) is 9.45. The highest BCUT2D eigenvalue weighted by Crippen LogP contribution is 2.37. The lowest BCUT2D eigenvalue weighted by Crippen LogP contribution is -2.43. The van der Waals surface area contributed by atoms with Gasteiger partial charge in [-0.2, -0.15) is 4.31 Å². The third-order valence-electron chi connectivity index (χ3n) is 5.06. The van der Waals surface area contributed by atoms with Crippen LogP contribution in [0.25, 0.3) is 10.1 Å². The maximum absolute atomic E-state index is 13.1. The number of hydrogen-bond acceptors (Lipinski definition) is 7. The molecule has 3 aromatic rings. The van der Waals surface area contributed by atoms with Gasteiger partial charge in [-0.05, 0) is 30.4 Å². The average molecular weight is 465 g/mol. The third kappa shape index (κ3) is 3.87. The lowest BCUT2D eigenvalue weighted by molar-refractivity contribution is -0.120. The van der Waals surface area contributed by atoms with Crippen molar-refractivity contribution in [2.24, 2.45) is 5.92 Å². The minimum Gasteiger partial charge on any atom is -0.465 e. The van der Waals surface area contributed by atoms with E-state index in [2.05, 4.69) is 5.32 Å². The normalized spacial score (nSPS) is 17.7. The van der Waals surface area contributed by atoms with Crippen molar-refractivity contribution in [3.63, 3.8) is 0 Å². The highest BCUT2D eigenvalue weighted by atomic mass is 32.2. The number of hydrogen-bond donors (Lipinski definition) is 1. The molecular weight excluding hydrogens is 444 g/mol. The molecule has 10 heteroatoms. The Morgan fingerprint density at radius 3 is 2.73 bits per heavy atom. The molecule has 0 aliphatic carbocycles. The van der Waals surface area contributed by atoms with E-state index in [4.69, 9.17) is 4.74 Å². The van der Waals surface area contributed by atoms with Gasteiger partial charge in [0.25, 0.3) is 10.0 Å².